The Balaban J connectivity index is 1.65. The monoisotopic (exact) mass is 342 g/mol. The van der Waals surface area contributed by atoms with Crippen molar-refractivity contribution in [1.29, 1.82) is 0 Å². The molecule has 0 aliphatic carbocycles. The molecule has 1 aromatic carbocycles. The number of thiazole rings is 1. The number of ether oxygens (including phenoxy) is 1. The van der Waals surface area contributed by atoms with Gasteiger partial charge in [0.2, 0.25) is 0 Å². The van der Waals surface area contributed by atoms with E-state index in [1.807, 2.05) is 11.6 Å². The van der Waals surface area contributed by atoms with Gasteiger partial charge in [0.25, 0.3) is 0 Å². The first-order valence-corrected chi connectivity index (χ1v) is 9.36. The second-order valence-corrected chi connectivity index (χ2v) is 7.71. The Labute approximate surface area is 146 Å². The number of carbonyl (C=O) groups is 1. The van der Waals surface area contributed by atoms with Gasteiger partial charge < -0.3 is 4.74 Å². The third-order valence-electron chi connectivity index (χ3n) is 5.76. The summed E-state index contributed by atoms with van der Waals surface area (Å²) in [5.41, 5.74) is 2.38. The van der Waals surface area contributed by atoms with Crippen molar-refractivity contribution in [1.82, 2.24) is 9.88 Å². The Morgan fingerprint density at radius 2 is 2.08 bits per heavy atom. The summed E-state index contributed by atoms with van der Waals surface area (Å²) < 4.78 is 5.15. The summed E-state index contributed by atoms with van der Waals surface area (Å²) in [6, 6.07) is 9.48. The minimum atomic E-state index is -0.0683. The van der Waals surface area contributed by atoms with Crippen LogP contribution in [0.2, 0.25) is 0 Å². The van der Waals surface area contributed by atoms with Gasteiger partial charge in [0.05, 0.1) is 13.0 Å². The largest absolute Gasteiger partial charge is 0.469 e. The van der Waals surface area contributed by atoms with Crippen molar-refractivity contribution < 1.29 is 9.53 Å². The molecule has 0 unspecified atom stereocenters. The van der Waals surface area contributed by atoms with Crippen molar-refractivity contribution in [2.24, 2.45) is 5.92 Å². The lowest BCUT2D eigenvalue weighted by Crippen LogP contribution is -2.49. The van der Waals surface area contributed by atoms with Gasteiger partial charge in [0.15, 0.2) is 0 Å². The normalized spacial score (nSPS) is 29.6. The molecular formula is C19H22N2O2S. The summed E-state index contributed by atoms with van der Waals surface area (Å²) in [5.74, 6) is 0.113. The highest BCUT2D eigenvalue weighted by molar-refractivity contribution is 7.13. The van der Waals surface area contributed by atoms with Crippen LogP contribution >= 0.6 is 11.3 Å². The second kappa shape index (κ2) is 6.30. The van der Waals surface area contributed by atoms with E-state index in [1.54, 1.807) is 11.3 Å². The zero-order chi connectivity index (χ0) is 16.7. The molecule has 1 aromatic heterocycles. The molecule has 2 aromatic rings. The van der Waals surface area contributed by atoms with Gasteiger partial charge in [0.1, 0.15) is 5.01 Å². The van der Waals surface area contributed by atoms with Gasteiger partial charge in [-0.1, -0.05) is 24.3 Å². The zero-order valence-corrected chi connectivity index (χ0v) is 14.8. The number of aromatic nitrogens is 1. The first kappa shape index (κ1) is 15.8. The third kappa shape index (κ3) is 2.56. The number of carbonyl (C=O) groups excluding carboxylic acids is 1. The van der Waals surface area contributed by atoms with E-state index in [2.05, 4.69) is 41.2 Å². The fourth-order valence-corrected chi connectivity index (χ4v) is 5.15. The molecule has 126 valence electrons. The molecule has 0 amide bonds. The van der Waals surface area contributed by atoms with Crippen LogP contribution in [0.3, 0.4) is 0 Å². The molecule has 2 saturated heterocycles. The molecule has 4 nitrogen and oxygen atoms in total. The van der Waals surface area contributed by atoms with E-state index in [-0.39, 0.29) is 17.8 Å². The molecule has 2 bridgehead atoms. The maximum Gasteiger partial charge on any atom is 0.310 e. The fourth-order valence-electron chi connectivity index (χ4n) is 4.51. The van der Waals surface area contributed by atoms with Gasteiger partial charge in [-0.15, -0.1) is 11.3 Å². The predicted molar refractivity (Wildman–Crippen MR) is 95.0 cm³/mol. The SMILES string of the molecule is COC(=O)[C@H]1[C@@H](c2ccc(-c3nccs3)cc2)C[C@@H]2CC[C@H]1N2C. The highest BCUT2D eigenvalue weighted by Crippen LogP contribution is 2.46. The van der Waals surface area contributed by atoms with Crippen LogP contribution in [0, 0.1) is 5.92 Å². The lowest BCUT2D eigenvalue weighted by molar-refractivity contribution is -0.150. The van der Waals surface area contributed by atoms with Crippen LogP contribution in [-0.2, 0) is 9.53 Å². The highest BCUT2D eigenvalue weighted by atomic mass is 32.1. The average Bonchev–Trinajstić information content (AvgIpc) is 3.21. The van der Waals surface area contributed by atoms with Crippen molar-refractivity contribution in [2.75, 3.05) is 14.2 Å². The van der Waals surface area contributed by atoms with Crippen LogP contribution < -0.4 is 0 Å². The topological polar surface area (TPSA) is 42.4 Å². The number of hydrogen-bond acceptors (Lipinski definition) is 5. The van der Waals surface area contributed by atoms with Crippen molar-refractivity contribution in [3.63, 3.8) is 0 Å². The molecule has 4 rings (SSSR count). The quantitative estimate of drug-likeness (QED) is 0.800. The van der Waals surface area contributed by atoms with Gasteiger partial charge in [-0.3, -0.25) is 9.69 Å². The first-order valence-electron chi connectivity index (χ1n) is 8.48. The Hall–Kier alpha value is -1.72. The standard InChI is InChI=1S/C19H22N2O2S/c1-21-14-7-8-16(21)17(19(22)23-2)15(11-14)12-3-5-13(6-4-12)18-20-9-10-24-18/h3-6,9-10,14-17H,7-8,11H2,1-2H3/t14-,15+,16+,17-/m0/s1. The molecule has 3 heterocycles. The molecule has 0 N–H and O–H groups in total. The van der Waals surface area contributed by atoms with Crippen molar-refractivity contribution >= 4 is 17.3 Å². The van der Waals surface area contributed by atoms with Gasteiger partial charge in [-0.25, -0.2) is 4.98 Å². The molecular weight excluding hydrogens is 320 g/mol. The van der Waals surface area contributed by atoms with Gasteiger partial charge in [-0.2, -0.15) is 0 Å². The van der Waals surface area contributed by atoms with Crippen molar-refractivity contribution in [3.8, 4) is 10.6 Å². The van der Waals surface area contributed by atoms with Crippen LogP contribution in [0.5, 0.6) is 0 Å². The second-order valence-electron chi connectivity index (χ2n) is 6.81. The molecule has 0 saturated carbocycles. The van der Waals surface area contributed by atoms with E-state index in [4.69, 9.17) is 4.74 Å². The molecule has 2 aliphatic heterocycles. The molecule has 24 heavy (non-hydrogen) atoms. The fraction of sp³-hybridized carbons (Fsp3) is 0.474. The van der Waals surface area contributed by atoms with Crippen LogP contribution in [0.25, 0.3) is 10.6 Å². The molecule has 0 spiro atoms. The zero-order valence-electron chi connectivity index (χ0n) is 14.0. The van der Waals surface area contributed by atoms with E-state index in [0.717, 1.165) is 23.4 Å². The van der Waals surface area contributed by atoms with Crippen molar-refractivity contribution in [3.05, 3.63) is 41.4 Å². The van der Waals surface area contributed by atoms with E-state index in [1.165, 1.54) is 19.1 Å². The van der Waals surface area contributed by atoms with Gasteiger partial charge in [0, 0.05) is 35.1 Å². The summed E-state index contributed by atoms with van der Waals surface area (Å²) in [6.07, 6.45) is 5.14. The number of methoxy groups -OCH3 is 1. The van der Waals surface area contributed by atoms with Gasteiger partial charge >= 0.3 is 5.97 Å². The highest BCUT2D eigenvalue weighted by Gasteiger charge is 2.49. The van der Waals surface area contributed by atoms with Crippen LogP contribution in [0.1, 0.15) is 30.7 Å². The van der Waals surface area contributed by atoms with E-state index in [0.29, 0.717) is 12.1 Å². The van der Waals surface area contributed by atoms with E-state index >= 15 is 0 Å². The molecule has 0 radical (unpaired) electrons. The van der Waals surface area contributed by atoms with Crippen LogP contribution in [0.15, 0.2) is 35.8 Å². The molecule has 4 atom stereocenters. The Morgan fingerprint density at radius 3 is 2.75 bits per heavy atom. The molecule has 2 aliphatic rings. The van der Waals surface area contributed by atoms with Crippen LogP contribution in [-0.4, -0.2) is 42.1 Å². The summed E-state index contributed by atoms with van der Waals surface area (Å²) in [4.78, 5) is 19.2. The maximum atomic E-state index is 12.5. The summed E-state index contributed by atoms with van der Waals surface area (Å²) >= 11 is 1.65. The van der Waals surface area contributed by atoms with Gasteiger partial charge in [-0.05, 0) is 31.9 Å². The average molecular weight is 342 g/mol. The number of nitrogens with zero attached hydrogens (tertiary/aromatic N) is 2. The first-order chi connectivity index (χ1) is 11.7. The third-order valence-corrected chi connectivity index (χ3v) is 6.58. The lowest BCUT2D eigenvalue weighted by atomic mass is 9.76. The number of esters is 1. The minimum absolute atomic E-state index is 0.0653. The number of rotatable bonds is 3. The number of benzene rings is 1. The predicted octanol–water partition coefficient (Wildman–Crippen LogP) is 3.55. The Bertz CT molecular complexity index is 713. The molecule has 5 heteroatoms. The number of fused-ring (bicyclic) bond motifs is 2. The lowest BCUT2D eigenvalue weighted by Gasteiger charge is -2.41. The summed E-state index contributed by atoms with van der Waals surface area (Å²) in [5, 5.41) is 3.03. The van der Waals surface area contributed by atoms with E-state index in [9.17, 15) is 4.79 Å². The summed E-state index contributed by atoms with van der Waals surface area (Å²) in [6.45, 7) is 0. The smallest absolute Gasteiger partial charge is 0.310 e. The maximum absolute atomic E-state index is 12.5. The number of piperidine rings is 1. The minimum Gasteiger partial charge on any atom is -0.469 e. The van der Waals surface area contributed by atoms with Crippen molar-refractivity contribution in [2.45, 2.75) is 37.3 Å². The molecule has 2 fully saturated rings. The summed E-state index contributed by atoms with van der Waals surface area (Å²) in [7, 11) is 3.66. The number of hydrogen-bond donors (Lipinski definition) is 0. The Kier molecular flexibility index (Phi) is 4.14. The van der Waals surface area contributed by atoms with E-state index < -0.39 is 0 Å². The Morgan fingerprint density at radius 1 is 1.29 bits per heavy atom. The van der Waals surface area contributed by atoms with Crippen LogP contribution in [0.4, 0.5) is 0 Å².